The summed E-state index contributed by atoms with van der Waals surface area (Å²) in [6.45, 7) is 1.73. The molecule has 0 radical (unpaired) electrons. The topological polar surface area (TPSA) is 82.3 Å². The van der Waals surface area contributed by atoms with E-state index in [0.29, 0.717) is 17.8 Å². The predicted molar refractivity (Wildman–Crippen MR) is 111 cm³/mol. The summed E-state index contributed by atoms with van der Waals surface area (Å²) in [4.78, 5) is 23.3. The fraction of sp³-hybridized carbons (Fsp3) is 0.111. The molecule has 0 saturated heterocycles. The molecule has 0 aliphatic rings. The number of rotatable bonds is 4. The number of thiocarbonyl (C=S) groups is 2. The van der Waals surface area contributed by atoms with Crippen LogP contribution < -0.4 is 21.3 Å². The van der Waals surface area contributed by atoms with E-state index in [4.69, 9.17) is 24.4 Å². The van der Waals surface area contributed by atoms with E-state index in [1.54, 1.807) is 31.2 Å². The van der Waals surface area contributed by atoms with Crippen molar-refractivity contribution in [3.8, 4) is 0 Å². The van der Waals surface area contributed by atoms with Crippen LogP contribution in [-0.2, 0) is 4.79 Å². The zero-order valence-electron chi connectivity index (χ0n) is 14.3. The van der Waals surface area contributed by atoms with Gasteiger partial charge >= 0.3 is 0 Å². The molecule has 0 heterocycles. The Hall–Kier alpha value is -2.91. The number of amides is 2. The standard InChI is InChI=1S/C18H17FN4O2S2/c1-2-15(24)22-17(26)20-13-6-8-14(9-7-13)21-18(27)23-16(25)11-4-3-5-12(19)10-11/h3-10H,2H2,1H3,(H2,20,22,24,26)(H2,21,23,25,27). The van der Waals surface area contributed by atoms with Gasteiger partial charge in [0.25, 0.3) is 5.91 Å². The van der Waals surface area contributed by atoms with E-state index in [0.717, 1.165) is 6.07 Å². The molecule has 0 aliphatic carbocycles. The van der Waals surface area contributed by atoms with Crippen LogP contribution in [0, 0.1) is 5.82 Å². The highest BCUT2D eigenvalue weighted by Gasteiger charge is 2.09. The highest BCUT2D eigenvalue weighted by molar-refractivity contribution is 7.80. The van der Waals surface area contributed by atoms with Crippen molar-refractivity contribution in [1.29, 1.82) is 0 Å². The van der Waals surface area contributed by atoms with E-state index in [-0.39, 0.29) is 21.7 Å². The Labute approximate surface area is 166 Å². The van der Waals surface area contributed by atoms with Crippen LogP contribution in [0.15, 0.2) is 48.5 Å². The van der Waals surface area contributed by atoms with Gasteiger partial charge in [-0.25, -0.2) is 4.39 Å². The average molecular weight is 404 g/mol. The van der Waals surface area contributed by atoms with Gasteiger partial charge in [-0.2, -0.15) is 0 Å². The molecule has 9 heteroatoms. The third kappa shape index (κ3) is 6.72. The summed E-state index contributed by atoms with van der Waals surface area (Å²) in [5.74, 6) is -1.19. The molecule has 0 bridgehead atoms. The van der Waals surface area contributed by atoms with E-state index >= 15 is 0 Å². The fourth-order valence-electron chi connectivity index (χ4n) is 1.98. The summed E-state index contributed by atoms with van der Waals surface area (Å²) < 4.78 is 13.2. The maximum Gasteiger partial charge on any atom is 0.257 e. The molecule has 4 N–H and O–H groups in total. The molecule has 27 heavy (non-hydrogen) atoms. The first kappa shape index (κ1) is 20.4. The highest BCUT2D eigenvalue weighted by Crippen LogP contribution is 2.13. The largest absolute Gasteiger partial charge is 0.332 e. The van der Waals surface area contributed by atoms with Gasteiger partial charge in [-0.15, -0.1) is 0 Å². The second kappa shape index (κ2) is 9.70. The summed E-state index contributed by atoms with van der Waals surface area (Å²) in [6.07, 6.45) is 0.337. The number of hydrogen-bond donors (Lipinski definition) is 4. The van der Waals surface area contributed by atoms with E-state index in [1.807, 2.05) is 0 Å². The van der Waals surface area contributed by atoms with E-state index in [2.05, 4.69) is 21.3 Å². The molecule has 0 atom stereocenters. The maximum atomic E-state index is 13.2. The Kier molecular flexibility index (Phi) is 7.33. The fourth-order valence-corrected chi connectivity index (χ4v) is 2.42. The van der Waals surface area contributed by atoms with Crippen molar-refractivity contribution in [1.82, 2.24) is 10.6 Å². The summed E-state index contributed by atoms with van der Waals surface area (Å²) in [6, 6.07) is 12.2. The Morgan fingerprint density at radius 3 is 2.00 bits per heavy atom. The molecule has 2 aromatic carbocycles. The molecule has 140 valence electrons. The molecule has 0 saturated carbocycles. The van der Waals surface area contributed by atoms with Gasteiger partial charge in [0.2, 0.25) is 5.91 Å². The number of hydrogen-bond acceptors (Lipinski definition) is 4. The van der Waals surface area contributed by atoms with Gasteiger partial charge in [0.15, 0.2) is 10.2 Å². The van der Waals surface area contributed by atoms with Crippen molar-refractivity contribution in [3.05, 3.63) is 59.9 Å². The van der Waals surface area contributed by atoms with Gasteiger partial charge in [-0.1, -0.05) is 13.0 Å². The Balaban J connectivity index is 1.88. The van der Waals surface area contributed by atoms with Crippen LogP contribution in [0.2, 0.25) is 0 Å². The van der Waals surface area contributed by atoms with Crippen molar-refractivity contribution < 1.29 is 14.0 Å². The van der Waals surface area contributed by atoms with Crippen LogP contribution in [0.4, 0.5) is 15.8 Å². The predicted octanol–water partition coefficient (Wildman–Crippen LogP) is 3.18. The van der Waals surface area contributed by atoms with Crippen molar-refractivity contribution >= 4 is 57.8 Å². The minimum Gasteiger partial charge on any atom is -0.332 e. The Morgan fingerprint density at radius 1 is 0.926 bits per heavy atom. The van der Waals surface area contributed by atoms with E-state index < -0.39 is 11.7 Å². The average Bonchev–Trinajstić information content (AvgIpc) is 2.63. The highest BCUT2D eigenvalue weighted by atomic mass is 32.1. The first-order valence-electron chi connectivity index (χ1n) is 7.96. The van der Waals surface area contributed by atoms with E-state index in [9.17, 15) is 14.0 Å². The zero-order chi connectivity index (χ0) is 19.8. The van der Waals surface area contributed by atoms with Crippen molar-refractivity contribution in [3.63, 3.8) is 0 Å². The Bertz CT molecular complexity index is 872. The molecule has 2 amide bonds. The van der Waals surface area contributed by atoms with Crippen LogP contribution >= 0.6 is 24.4 Å². The number of carbonyl (C=O) groups excluding carboxylic acids is 2. The number of nitrogens with one attached hydrogen (secondary N) is 4. The van der Waals surface area contributed by atoms with Crippen molar-refractivity contribution in [2.45, 2.75) is 13.3 Å². The monoisotopic (exact) mass is 404 g/mol. The maximum absolute atomic E-state index is 13.2. The number of carbonyl (C=O) groups is 2. The molecular weight excluding hydrogens is 387 g/mol. The van der Waals surface area contributed by atoms with Crippen molar-refractivity contribution in [2.24, 2.45) is 0 Å². The molecular formula is C18H17FN4O2S2. The smallest absolute Gasteiger partial charge is 0.257 e. The number of halogens is 1. The van der Waals surface area contributed by atoms with Gasteiger partial charge in [0.1, 0.15) is 5.82 Å². The SMILES string of the molecule is CCC(=O)NC(=S)Nc1ccc(NC(=S)NC(=O)c2cccc(F)c2)cc1. The normalized spacial score (nSPS) is 9.85. The third-order valence-corrected chi connectivity index (χ3v) is 3.70. The molecule has 6 nitrogen and oxygen atoms in total. The van der Waals surface area contributed by atoms with Crippen LogP contribution in [0.25, 0.3) is 0 Å². The molecule has 0 unspecified atom stereocenters. The van der Waals surface area contributed by atoms with Crippen LogP contribution in [0.5, 0.6) is 0 Å². The van der Waals surface area contributed by atoms with Crippen LogP contribution in [-0.4, -0.2) is 22.0 Å². The summed E-state index contributed by atoms with van der Waals surface area (Å²) >= 11 is 10.1. The first-order chi connectivity index (χ1) is 12.9. The van der Waals surface area contributed by atoms with Gasteiger partial charge in [-0.05, 0) is 66.9 Å². The summed E-state index contributed by atoms with van der Waals surface area (Å²) in [7, 11) is 0. The molecule has 0 fully saturated rings. The van der Waals surface area contributed by atoms with Gasteiger partial charge in [-0.3, -0.25) is 14.9 Å². The lowest BCUT2D eigenvalue weighted by atomic mass is 10.2. The zero-order valence-corrected chi connectivity index (χ0v) is 16.0. The van der Waals surface area contributed by atoms with Crippen LogP contribution in [0.1, 0.15) is 23.7 Å². The lowest BCUT2D eigenvalue weighted by Gasteiger charge is -2.12. The van der Waals surface area contributed by atoms with Gasteiger partial charge in [0.05, 0.1) is 0 Å². The van der Waals surface area contributed by atoms with Gasteiger partial charge in [0, 0.05) is 23.4 Å². The number of benzene rings is 2. The van der Waals surface area contributed by atoms with Crippen molar-refractivity contribution in [2.75, 3.05) is 10.6 Å². The lowest BCUT2D eigenvalue weighted by molar-refractivity contribution is -0.119. The third-order valence-electron chi connectivity index (χ3n) is 3.29. The minimum absolute atomic E-state index is 0.0794. The Morgan fingerprint density at radius 2 is 1.48 bits per heavy atom. The van der Waals surface area contributed by atoms with E-state index in [1.165, 1.54) is 18.2 Å². The lowest BCUT2D eigenvalue weighted by Crippen LogP contribution is -2.34. The minimum atomic E-state index is -0.512. The summed E-state index contributed by atoms with van der Waals surface area (Å²) in [5, 5.41) is 11.0. The number of anilines is 2. The molecule has 0 spiro atoms. The molecule has 2 rings (SSSR count). The summed E-state index contributed by atoms with van der Waals surface area (Å²) in [5.41, 5.74) is 1.48. The second-order valence-corrected chi connectivity index (χ2v) is 6.17. The second-order valence-electron chi connectivity index (χ2n) is 5.35. The first-order valence-corrected chi connectivity index (χ1v) is 8.78. The van der Waals surface area contributed by atoms with Gasteiger partial charge < -0.3 is 16.0 Å². The molecule has 0 aromatic heterocycles. The van der Waals surface area contributed by atoms with Crippen LogP contribution in [0.3, 0.4) is 0 Å². The molecule has 2 aromatic rings. The quantitative estimate of drug-likeness (QED) is 0.586. The molecule has 0 aliphatic heterocycles.